The Morgan fingerprint density at radius 3 is 1.20 bits per heavy atom. The van der Waals surface area contributed by atoms with E-state index in [2.05, 4.69) is 463 Å². The molecule has 2 aromatic heterocycles. The predicted octanol–water partition coefficient (Wildman–Crippen LogP) is 39.0. The normalized spacial score (nSPS) is 18.6. The molecule has 0 aliphatic heterocycles. The van der Waals surface area contributed by atoms with E-state index in [0.29, 0.717) is 0 Å². The van der Waals surface area contributed by atoms with Crippen LogP contribution in [0.15, 0.2) is 466 Å². The number of aromatic nitrogens is 1. The SMILES string of the molecule is Cc1cc(-c2ccc(-c3ccc(C4CC5CCC4C5)cc3)cc2)ccc1N(c1ccc2cccnc2c1)c1cccc2ccccc12.c1ccc(N(c2ccc(-c3ccc(-c4ccc(C5CC6CCC5C6)cc4)cc3)cc2)c2cc3ccccc3c3ccccc23)cc1.c1ccc2c(c1)Cc1cc(N(c3ccc(-c4ccc(-c5ccc(C6CC7CCC6C7)cc5)cc4)cc3)c3ccc4oc5ccccc5c4c3)ccc1-2. The number of aryl methyl sites for hydroxylation is 1. The molecule has 2 heterocycles. The highest BCUT2D eigenvalue weighted by Gasteiger charge is 2.43. The molecular formula is C140H114N4O. The maximum absolute atomic E-state index is 6.21. The standard InChI is InChI=1S/C50H39NO.C45H38N2.C45H37N/c1-2-6-44-38(5-1)29-40-30-42(23-25-45(40)44)51(43-24-26-50-48(31-43)46-7-3-4-8-49(46)52-50)41-21-19-36(20-22-41)34-13-11-33(12-14-34)35-15-17-37(18-16-35)47-28-32-9-10-39(47)27-32;1-30-26-38(34-15-13-32(14-16-34)33-17-19-36(20-18-33)42-28-31-11-12-39(42)27-31)22-24-44(30)47(40-23-21-37-8-5-25-46-43(37)29-40)45-10-4-7-35-6-2-3-9-41(35)45;1-2-9-39(10-3-1)46(45-30-37-8-4-5-11-41(37)42-12-6-7-13-43(42)45)40-26-24-35(25-27-40)33-18-16-32(17-19-33)34-20-22-36(23-21-34)44-29-31-14-15-38(44)28-31/h1-8,11-26,30-32,39,47H,9-10,27-29H2;2-10,13-26,29,31,39,42H,11-12,27-28H2,1H3;1-13,16-27,30-31,38,44H,14-15,28-29H2. The van der Waals surface area contributed by atoms with Crippen molar-refractivity contribution in [3.63, 3.8) is 0 Å². The zero-order valence-corrected chi connectivity index (χ0v) is 82.0. The molecule has 0 N–H and O–H groups in total. The molecule has 6 saturated carbocycles. The number of para-hydroxylation sites is 2. The summed E-state index contributed by atoms with van der Waals surface area (Å²) in [6.45, 7) is 2.22. The number of fused-ring (bicyclic) bond motifs is 17. The van der Waals surface area contributed by atoms with Crippen LogP contribution in [0.25, 0.3) is 143 Å². The van der Waals surface area contributed by atoms with E-state index in [1.807, 2.05) is 24.4 Å². The van der Waals surface area contributed by atoms with Gasteiger partial charge in [0, 0.05) is 72.9 Å². The Balaban J connectivity index is 0.000000108. The fraction of sp³-hybridized carbons (Fsp3) is 0.164. The van der Waals surface area contributed by atoms with Crippen LogP contribution >= 0.6 is 0 Å². The number of nitrogens with zero attached hydrogens (tertiary/aromatic N) is 4. The van der Waals surface area contributed by atoms with E-state index < -0.39 is 0 Å². The van der Waals surface area contributed by atoms with Gasteiger partial charge in [0.2, 0.25) is 0 Å². The van der Waals surface area contributed by atoms with E-state index >= 15 is 0 Å². The first-order chi connectivity index (χ1) is 71.7. The maximum Gasteiger partial charge on any atom is 0.135 e. The lowest BCUT2D eigenvalue weighted by molar-refractivity contribution is 0.420. The molecular weight excluding hydrogens is 1750 g/mol. The van der Waals surface area contributed by atoms with Crippen LogP contribution in [0, 0.1) is 42.4 Å². The summed E-state index contributed by atoms with van der Waals surface area (Å²) in [5.41, 5.74) is 39.5. The van der Waals surface area contributed by atoms with Gasteiger partial charge in [-0.2, -0.15) is 0 Å². The smallest absolute Gasteiger partial charge is 0.135 e. The van der Waals surface area contributed by atoms with Gasteiger partial charge < -0.3 is 19.1 Å². The highest BCUT2D eigenvalue weighted by molar-refractivity contribution is 6.15. The second kappa shape index (κ2) is 37.6. The summed E-state index contributed by atoms with van der Waals surface area (Å²) in [6, 6.07) is 168. The third-order valence-electron chi connectivity index (χ3n) is 34.1. The summed E-state index contributed by atoms with van der Waals surface area (Å²) in [7, 11) is 0. The minimum Gasteiger partial charge on any atom is -0.456 e. The number of pyridine rings is 1. The summed E-state index contributed by atoms with van der Waals surface area (Å²) < 4.78 is 6.21. The van der Waals surface area contributed by atoms with Gasteiger partial charge in [0.25, 0.3) is 0 Å². The fourth-order valence-corrected chi connectivity index (χ4v) is 26.8. The lowest BCUT2D eigenvalue weighted by Gasteiger charge is -2.29. The van der Waals surface area contributed by atoms with Gasteiger partial charge in [-0.3, -0.25) is 4.98 Å². The first-order valence-electron chi connectivity index (χ1n) is 52.9. The Morgan fingerprint density at radius 2 is 0.641 bits per heavy atom. The van der Waals surface area contributed by atoms with E-state index in [1.54, 1.807) is 16.7 Å². The van der Waals surface area contributed by atoms with E-state index in [4.69, 9.17) is 4.42 Å². The van der Waals surface area contributed by atoms with Crippen molar-refractivity contribution in [3.05, 3.63) is 495 Å². The first-order valence-corrected chi connectivity index (χ1v) is 52.9. The summed E-state index contributed by atoms with van der Waals surface area (Å²) in [5.74, 6) is 8.05. The molecule has 0 spiro atoms. The Hall–Kier alpha value is -16.2. The zero-order chi connectivity index (χ0) is 95.9. The van der Waals surface area contributed by atoms with Gasteiger partial charge in [-0.25, -0.2) is 0 Å². The van der Waals surface area contributed by atoms with Crippen LogP contribution in [0.5, 0.6) is 0 Å². The highest BCUT2D eigenvalue weighted by atomic mass is 16.3. The molecule has 20 aromatic carbocycles. The summed E-state index contributed by atoms with van der Waals surface area (Å²) in [4.78, 5) is 11.8. The molecule has 6 fully saturated rings. The molecule has 0 saturated heterocycles. The van der Waals surface area contributed by atoms with Gasteiger partial charge in [-0.1, -0.05) is 359 Å². The van der Waals surface area contributed by atoms with Crippen LogP contribution < -0.4 is 14.7 Å². The maximum atomic E-state index is 6.21. The number of benzene rings is 20. The monoisotopic (exact) mass is 1870 g/mol. The van der Waals surface area contributed by atoms with Crippen molar-refractivity contribution >= 4 is 116 Å². The molecule has 6 bridgehead atoms. The molecule has 22 aromatic rings. The van der Waals surface area contributed by atoms with Crippen molar-refractivity contribution in [3.8, 4) is 77.9 Å². The van der Waals surface area contributed by atoms with Crippen LogP contribution in [0.2, 0.25) is 0 Å². The summed E-state index contributed by atoms with van der Waals surface area (Å²) in [6.07, 6.45) is 20.1. The molecule has 7 aliphatic rings. The van der Waals surface area contributed by atoms with E-state index in [9.17, 15) is 0 Å². The Morgan fingerprint density at radius 1 is 0.228 bits per heavy atom. The van der Waals surface area contributed by atoms with Crippen molar-refractivity contribution in [2.24, 2.45) is 35.5 Å². The number of furan rings is 1. The minimum atomic E-state index is 0.780. The Labute approximate surface area is 850 Å². The van der Waals surface area contributed by atoms with Gasteiger partial charge in [0.15, 0.2) is 0 Å². The highest BCUT2D eigenvalue weighted by Crippen LogP contribution is 2.57. The predicted molar refractivity (Wildman–Crippen MR) is 609 cm³/mol. The molecule has 145 heavy (non-hydrogen) atoms. The van der Waals surface area contributed by atoms with Crippen LogP contribution in [-0.2, 0) is 6.42 Å². The third-order valence-corrected chi connectivity index (χ3v) is 34.1. The first kappa shape index (κ1) is 87.8. The van der Waals surface area contributed by atoms with Gasteiger partial charge in [-0.15, -0.1) is 0 Å². The third kappa shape index (κ3) is 16.8. The molecule has 9 unspecified atom stereocenters. The van der Waals surface area contributed by atoms with Crippen molar-refractivity contribution in [2.45, 2.75) is 108 Å². The summed E-state index contributed by atoms with van der Waals surface area (Å²) >= 11 is 0. The van der Waals surface area contributed by atoms with Crippen molar-refractivity contribution in [2.75, 3.05) is 14.7 Å². The molecule has 7 aliphatic carbocycles. The van der Waals surface area contributed by atoms with Gasteiger partial charge >= 0.3 is 0 Å². The van der Waals surface area contributed by atoms with Crippen molar-refractivity contribution in [1.82, 2.24) is 4.98 Å². The Bertz CT molecular complexity index is 8580. The number of rotatable bonds is 18. The average Bonchev–Trinajstić information content (AvgIpc) is 1.70. The molecule has 9 atom stereocenters. The second-order valence-corrected chi connectivity index (χ2v) is 42.4. The molecule has 29 rings (SSSR count). The lowest BCUT2D eigenvalue weighted by Crippen LogP contribution is -2.12. The molecule has 0 amide bonds. The quantitative estimate of drug-likeness (QED) is 0.0800. The number of hydrogen-bond donors (Lipinski definition) is 0. The lowest BCUT2D eigenvalue weighted by atomic mass is 9.83. The number of anilines is 9. The minimum absolute atomic E-state index is 0.780. The molecule has 0 radical (unpaired) electrons. The van der Waals surface area contributed by atoms with Crippen molar-refractivity contribution < 1.29 is 4.42 Å². The Kier molecular flexibility index (Phi) is 22.8. The average molecular weight is 1870 g/mol. The zero-order valence-electron chi connectivity index (χ0n) is 82.0. The van der Waals surface area contributed by atoms with Crippen LogP contribution in [-0.4, -0.2) is 4.98 Å². The van der Waals surface area contributed by atoms with E-state index in [-0.39, 0.29) is 0 Å². The van der Waals surface area contributed by atoms with Crippen LogP contribution in [0.3, 0.4) is 0 Å². The van der Waals surface area contributed by atoms with Crippen LogP contribution in [0.4, 0.5) is 51.2 Å². The molecule has 700 valence electrons. The van der Waals surface area contributed by atoms with Gasteiger partial charge in [0.05, 0.1) is 16.9 Å². The fourth-order valence-electron chi connectivity index (χ4n) is 26.8. The van der Waals surface area contributed by atoms with E-state index in [1.165, 1.54) is 210 Å². The number of hydrogen-bond acceptors (Lipinski definition) is 5. The van der Waals surface area contributed by atoms with Gasteiger partial charge in [0.1, 0.15) is 11.2 Å². The van der Waals surface area contributed by atoms with Gasteiger partial charge in [-0.05, 0) is 372 Å². The second-order valence-electron chi connectivity index (χ2n) is 42.4. The topological polar surface area (TPSA) is 35.8 Å². The molecule has 5 heteroatoms. The largest absolute Gasteiger partial charge is 0.456 e. The summed E-state index contributed by atoms with van der Waals surface area (Å²) in [5, 5.41) is 10.9. The van der Waals surface area contributed by atoms with Crippen LogP contribution in [0.1, 0.15) is 128 Å². The molecule has 5 nitrogen and oxygen atoms in total. The van der Waals surface area contributed by atoms with Crippen molar-refractivity contribution in [1.29, 1.82) is 0 Å². The van der Waals surface area contributed by atoms with E-state index in [0.717, 1.165) is 138 Å².